The van der Waals surface area contributed by atoms with Gasteiger partial charge in [-0.1, -0.05) is 18.2 Å². The first kappa shape index (κ1) is 11.2. The lowest BCUT2D eigenvalue weighted by molar-refractivity contribution is 1.06. The van der Waals surface area contributed by atoms with Crippen molar-refractivity contribution in [2.24, 2.45) is 0 Å². The normalized spacial score (nSPS) is 10.7. The largest absolute Gasteiger partial charge is 0.379 e. The second kappa shape index (κ2) is 4.74. The van der Waals surface area contributed by atoms with Gasteiger partial charge in [0.25, 0.3) is 0 Å². The van der Waals surface area contributed by atoms with Gasteiger partial charge in [0.15, 0.2) is 0 Å². The van der Waals surface area contributed by atoms with E-state index < -0.39 is 0 Å². The number of fused-ring (bicyclic) bond motifs is 1. The maximum absolute atomic E-state index is 4.12. The predicted molar refractivity (Wildman–Crippen MR) is 75.9 cm³/mol. The molecule has 1 aromatic carbocycles. The molecule has 3 rings (SSSR count). The smallest absolute Gasteiger partial charge is 0.0950 e. The fraction of sp³-hybridized carbons (Fsp3) is 0.143. The van der Waals surface area contributed by atoms with Gasteiger partial charge in [0.1, 0.15) is 0 Å². The van der Waals surface area contributed by atoms with Crippen molar-refractivity contribution in [2.45, 2.75) is 13.5 Å². The molecule has 3 aromatic rings. The highest BCUT2D eigenvalue weighted by Gasteiger charge is 2.03. The third-order valence-electron chi connectivity index (χ3n) is 2.98. The fourth-order valence-electron chi connectivity index (χ4n) is 1.91. The highest BCUT2D eigenvalue weighted by molar-refractivity contribution is 7.08. The van der Waals surface area contributed by atoms with Crippen molar-refractivity contribution in [1.29, 1.82) is 0 Å². The Bertz CT molecular complexity index is 670. The maximum Gasteiger partial charge on any atom is 0.0950 e. The molecule has 0 saturated carbocycles. The van der Waals surface area contributed by atoms with Crippen LogP contribution in [-0.4, -0.2) is 10.2 Å². The summed E-state index contributed by atoms with van der Waals surface area (Å²) in [5.74, 6) is 0. The van der Waals surface area contributed by atoms with Gasteiger partial charge in [0.2, 0.25) is 0 Å². The van der Waals surface area contributed by atoms with Crippen LogP contribution in [0, 0.1) is 6.92 Å². The number of thiophene rings is 1. The number of hydrogen-bond donors (Lipinski definition) is 1. The third kappa shape index (κ3) is 2.07. The van der Waals surface area contributed by atoms with Gasteiger partial charge in [-0.25, -0.2) is 0 Å². The van der Waals surface area contributed by atoms with Crippen molar-refractivity contribution in [2.75, 3.05) is 5.32 Å². The average Bonchev–Trinajstić information content (AvgIpc) is 2.82. The van der Waals surface area contributed by atoms with E-state index in [1.807, 2.05) is 18.2 Å². The zero-order valence-electron chi connectivity index (χ0n) is 10.1. The molecule has 0 bridgehead atoms. The molecule has 90 valence electrons. The Balaban J connectivity index is 1.89. The number of rotatable bonds is 3. The Morgan fingerprint density at radius 2 is 2.11 bits per heavy atom. The lowest BCUT2D eigenvalue weighted by Gasteiger charge is -2.08. The van der Waals surface area contributed by atoms with Gasteiger partial charge in [-0.15, -0.1) is 0 Å². The van der Waals surface area contributed by atoms with Gasteiger partial charge in [-0.2, -0.15) is 21.5 Å². The lowest BCUT2D eigenvalue weighted by Crippen LogP contribution is -2.01. The van der Waals surface area contributed by atoms with Gasteiger partial charge >= 0.3 is 0 Å². The molecule has 0 unspecified atom stereocenters. The molecule has 0 saturated heterocycles. The quantitative estimate of drug-likeness (QED) is 0.777. The molecular weight excluding hydrogens is 242 g/mol. The van der Waals surface area contributed by atoms with E-state index in [0.29, 0.717) is 0 Å². The molecule has 2 aromatic heterocycles. The van der Waals surface area contributed by atoms with E-state index in [9.17, 15) is 0 Å². The Kier molecular flexibility index (Phi) is 2.94. The minimum Gasteiger partial charge on any atom is -0.379 e. The van der Waals surface area contributed by atoms with Crippen molar-refractivity contribution in [3.63, 3.8) is 0 Å². The van der Waals surface area contributed by atoms with Crippen LogP contribution >= 0.6 is 11.3 Å². The van der Waals surface area contributed by atoms with E-state index in [1.165, 1.54) is 11.1 Å². The van der Waals surface area contributed by atoms with Crippen molar-refractivity contribution < 1.29 is 0 Å². The van der Waals surface area contributed by atoms with Crippen LogP contribution < -0.4 is 5.32 Å². The number of nitrogens with zero attached hydrogens (tertiary/aromatic N) is 2. The van der Waals surface area contributed by atoms with Crippen LogP contribution in [0.1, 0.15) is 11.1 Å². The van der Waals surface area contributed by atoms with E-state index in [1.54, 1.807) is 17.5 Å². The molecule has 0 radical (unpaired) electrons. The molecule has 3 nitrogen and oxygen atoms in total. The van der Waals surface area contributed by atoms with E-state index in [0.717, 1.165) is 23.1 Å². The highest BCUT2D eigenvalue weighted by atomic mass is 32.1. The number of benzene rings is 1. The van der Waals surface area contributed by atoms with Crippen molar-refractivity contribution in [3.05, 3.63) is 52.3 Å². The summed E-state index contributed by atoms with van der Waals surface area (Å²) in [7, 11) is 0. The topological polar surface area (TPSA) is 37.8 Å². The Hall–Kier alpha value is -1.94. The SMILES string of the molecule is Cc1cscc1CNc1cnnc2ccccc12. The number of aromatic nitrogens is 2. The highest BCUT2D eigenvalue weighted by Crippen LogP contribution is 2.21. The van der Waals surface area contributed by atoms with Crippen LogP contribution in [0.15, 0.2) is 41.2 Å². The summed E-state index contributed by atoms with van der Waals surface area (Å²) >= 11 is 1.74. The van der Waals surface area contributed by atoms with E-state index in [-0.39, 0.29) is 0 Å². The summed E-state index contributed by atoms with van der Waals surface area (Å²) in [6, 6.07) is 8.03. The Labute approximate surface area is 109 Å². The summed E-state index contributed by atoms with van der Waals surface area (Å²) in [5, 5.41) is 17.0. The first-order valence-corrected chi connectivity index (χ1v) is 6.75. The predicted octanol–water partition coefficient (Wildman–Crippen LogP) is 3.61. The van der Waals surface area contributed by atoms with Crippen LogP contribution in [0.3, 0.4) is 0 Å². The van der Waals surface area contributed by atoms with E-state index in [2.05, 4.69) is 39.3 Å². The van der Waals surface area contributed by atoms with E-state index in [4.69, 9.17) is 0 Å². The van der Waals surface area contributed by atoms with Gasteiger partial charge in [-0.05, 0) is 34.9 Å². The van der Waals surface area contributed by atoms with Crippen LogP contribution in [-0.2, 0) is 6.54 Å². The molecule has 0 aliphatic carbocycles. The van der Waals surface area contributed by atoms with Gasteiger partial charge in [0, 0.05) is 11.9 Å². The summed E-state index contributed by atoms with van der Waals surface area (Å²) in [5.41, 5.74) is 4.62. The molecule has 0 spiro atoms. The monoisotopic (exact) mass is 255 g/mol. The average molecular weight is 255 g/mol. The number of hydrogen-bond acceptors (Lipinski definition) is 4. The van der Waals surface area contributed by atoms with Crippen LogP contribution in [0.4, 0.5) is 5.69 Å². The third-order valence-corrected chi connectivity index (χ3v) is 3.89. The maximum atomic E-state index is 4.12. The van der Waals surface area contributed by atoms with Gasteiger partial charge in [-0.3, -0.25) is 0 Å². The minimum atomic E-state index is 0.824. The Morgan fingerprint density at radius 1 is 1.22 bits per heavy atom. The number of nitrogens with one attached hydrogen (secondary N) is 1. The zero-order valence-corrected chi connectivity index (χ0v) is 10.9. The molecule has 0 amide bonds. The van der Waals surface area contributed by atoms with Crippen molar-refractivity contribution >= 4 is 27.9 Å². The van der Waals surface area contributed by atoms with Gasteiger partial charge in [0.05, 0.1) is 17.4 Å². The first-order valence-electron chi connectivity index (χ1n) is 5.80. The lowest BCUT2D eigenvalue weighted by atomic mass is 10.2. The molecule has 2 heterocycles. The summed E-state index contributed by atoms with van der Waals surface area (Å²) in [6.07, 6.45) is 1.78. The Morgan fingerprint density at radius 3 is 2.94 bits per heavy atom. The second-order valence-electron chi connectivity index (χ2n) is 4.21. The standard InChI is InChI=1S/C14H13N3S/c1-10-8-18-9-11(10)6-15-14-7-16-17-13-5-3-2-4-12(13)14/h2-5,7-9H,6H2,1H3,(H,15,17). The summed E-state index contributed by atoms with van der Waals surface area (Å²) in [6.45, 7) is 2.96. The van der Waals surface area contributed by atoms with Gasteiger partial charge < -0.3 is 5.32 Å². The molecule has 1 N–H and O–H groups in total. The molecule has 4 heteroatoms. The molecule has 0 atom stereocenters. The molecule has 0 fully saturated rings. The first-order chi connectivity index (χ1) is 8.84. The molecular formula is C14H13N3S. The van der Waals surface area contributed by atoms with Crippen LogP contribution in [0.5, 0.6) is 0 Å². The molecule has 0 aliphatic heterocycles. The molecule has 18 heavy (non-hydrogen) atoms. The van der Waals surface area contributed by atoms with Crippen LogP contribution in [0.25, 0.3) is 10.9 Å². The van der Waals surface area contributed by atoms with Crippen LogP contribution in [0.2, 0.25) is 0 Å². The summed E-state index contributed by atoms with van der Waals surface area (Å²) < 4.78 is 0. The minimum absolute atomic E-state index is 0.824. The summed E-state index contributed by atoms with van der Waals surface area (Å²) in [4.78, 5) is 0. The fourth-order valence-corrected chi connectivity index (χ4v) is 2.76. The molecule has 0 aliphatic rings. The number of aryl methyl sites for hydroxylation is 1. The second-order valence-corrected chi connectivity index (χ2v) is 4.95. The van der Waals surface area contributed by atoms with Crippen molar-refractivity contribution in [1.82, 2.24) is 10.2 Å². The zero-order chi connectivity index (χ0) is 12.4. The number of anilines is 1. The van der Waals surface area contributed by atoms with Crippen molar-refractivity contribution in [3.8, 4) is 0 Å². The van der Waals surface area contributed by atoms with E-state index >= 15 is 0 Å².